The molecule has 1 aromatic rings. The Kier molecular flexibility index (Phi) is 13.5. The van der Waals surface area contributed by atoms with Gasteiger partial charge >= 0.3 is 6.09 Å². The van der Waals surface area contributed by atoms with E-state index in [0.717, 1.165) is 13.1 Å². The van der Waals surface area contributed by atoms with E-state index >= 15 is 0 Å². The van der Waals surface area contributed by atoms with E-state index in [4.69, 9.17) is 10.6 Å². The smallest absolute Gasteiger partial charge is 0.414 e. The number of rotatable bonds is 7. The molecule has 2 saturated heterocycles. The maximum Gasteiger partial charge on any atom is 0.414 e. The molecule has 2 fully saturated rings. The van der Waals surface area contributed by atoms with Crippen LogP contribution in [0.1, 0.15) is 38.3 Å². The lowest BCUT2D eigenvalue weighted by molar-refractivity contribution is -0.119. The molecule has 1 aromatic heterocycles. The molecule has 0 spiro atoms. The summed E-state index contributed by atoms with van der Waals surface area (Å²) >= 11 is 0. The zero-order chi connectivity index (χ0) is 26.2. The second kappa shape index (κ2) is 16.0. The molecule has 0 bridgehead atoms. The SMILES string of the molecule is C/C=N\CN1CCN(C(=O)c2nccn2N)CC1.C=C/C=C/N1CC(CNC(C)=O)OC1=O.CC. The largest absolute Gasteiger partial charge is 0.442 e. The fourth-order valence-electron chi connectivity index (χ4n) is 3.10. The van der Waals surface area contributed by atoms with E-state index in [1.165, 1.54) is 22.7 Å². The van der Waals surface area contributed by atoms with Crippen molar-refractivity contribution < 1.29 is 19.1 Å². The van der Waals surface area contributed by atoms with Crippen LogP contribution >= 0.6 is 0 Å². The summed E-state index contributed by atoms with van der Waals surface area (Å²) in [4.78, 5) is 47.6. The van der Waals surface area contributed by atoms with E-state index in [1.54, 1.807) is 35.7 Å². The number of allylic oxidation sites excluding steroid dienone is 2. The highest BCUT2D eigenvalue weighted by atomic mass is 16.6. The van der Waals surface area contributed by atoms with Crippen LogP contribution in [-0.2, 0) is 9.53 Å². The summed E-state index contributed by atoms with van der Waals surface area (Å²) in [7, 11) is 0. The van der Waals surface area contributed by atoms with E-state index in [2.05, 4.69) is 26.8 Å². The quantitative estimate of drug-likeness (QED) is 0.331. The maximum atomic E-state index is 12.1. The molecule has 0 radical (unpaired) electrons. The number of carbonyl (C=O) groups excluding carboxylic acids is 3. The minimum atomic E-state index is -0.400. The minimum Gasteiger partial charge on any atom is -0.442 e. The standard InChI is InChI=1S/C11H18N6O.C10H14N2O3.C2H6/c1-2-13-9-15-5-7-16(8-6-15)11(18)10-14-3-4-17(10)12;1-3-4-5-12-7-9(15-10(12)14)6-11-8(2)13;1-2/h2-4H,5-9,12H2,1H3;3-5,9H,1,6-7H2,2H3,(H,11,13);1-2H3/b13-2-;5-4+;. The highest BCUT2D eigenvalue weighted by Crippen LogP contribution is 2.11. The van der Waals surface area contributed by atoms with Gasteiger partial charge in [-0.2, -0.15) is 0 Å². The number of nitrogens with one attached hydrogen (secondary N) is 1. The fraction of sp³-hybridized carbons (Fsp3) is 0.522. The Labute approximate surface area is 207 Å². The molecular formula is C23H38N8O4. The first-order valence-corrected chi connectivity index (χ1v) is 11.6. The Bertz CT molecular complexity index is 875. The third-order valence-electron chi connectivity index (χ3n) is 4.87. The van der Waals surface area contributed by atoms with Gasteiger partial charge in [0.15, 0.2) is 0 Å². The number of ether oxygens (including phenoxy) is 1. The van der Waals surface area contributed by atoms with Crippen molar-refractivity contribution >= 4 is 24.1 Å². The summed E-state index contributed by atoms with van der Waals surface area (Å²) < 4.78 is 6.27. The molecule has 12 nitrogen and oxygen atoms in total. The number of hydrogen-bond donors (Lipinski definition) is 2. The van der Waals surface area contributed by atoms with Crippen molar-refractivity contribution in [3.05, 3.63) is 43.1 Å². The summed E-state index contributed by atoms with van der Waals surface area (Å²) in [5.74, 6) is 5.66. The fourth-order valence-corrected chi connectivity index (χ4v) is 3.10. The van der Waals surface area contributed by atoms with Gasteiger partial charge in [-0.3, -0.25) is 24.4 Å². The van der Waals surface area contributed by atoms with Crippen LogP contribution in [0.5, 0.6) is 0 Å². The summed E-state index contributed by atoms with van der Waals surface area (Å²) in [5, 5.41) is 2.60. The van der Waals surface area contributed by atoms with E-state index in [-0.39, 0.29) is 23.7 Å². The number of carbonyl (C=O) groups is 3. The molecule has 3 N–H and O–H groups in total. The van der Waals surface area contributed by atoms with Crippen LogP contribution < -0.4 is 11.2 Å². The third-order valence-corrected chi connectivity index (χ3v) is 4.87. The Morgan fingerprint density at radius 3 is 2.54 bits per heavy atom. The van der Waals surface area contributed by atoms with Crippen LogP contribution in [0.4, 0.5) is 4.79 Å². The molecule has 2 aliphatic heterocycles. The average molecular weight is 491 g/mol. The molecular weight excluding hydrogens is 452 g/mol. The lowest BCUT2D eigenvalue weighted by atomic mass is 10.3. The zero-order valence-corrected chi connectivity index (χ0v) is 21.1. The zero-order valence-electron chi connectivity index (χ0n) is 21.1. The first kappa shape index (κ1) is 29.4. The molecule has 1 unspecified atom stereocenters. The number of aromatic nitrogens is 2. The minimum absolute atomic E-state index is 0.110. The Morgan fingerprint density at radius 1 is 1.31 bits per heavy atom. The predicted octanol–water partition coefficient (Wildman–Crippen LogP) is 1.07. The van der Waals surface area contributed by atoms with Crippen molar-refractivity contribution in [2.75, 3.05) is 51.8 Å². The van der Waals surface area contributed by atoms with Crippen LogP contribution in [0.3, 0.4) is 0 Å². The average Bonchev–Trinajstić information content (AvgIpc) is 3.46. The van der Waals surface area contributed by atoms with Gasteiger partial charge in [0.2, 0.25) is 11.7 Å². The first-order valence-electron chi connectivity index (χ1n) is 11.6. The van der Waals surface area contributed by atoms with Crippen LogP contribution in [-0.4, -0.2) is 101 Å². The van der Waals surface area contributed by atoms with E-state index in [0.29, 0.717) is 32.8 Å². The van der Waals surface area contributed by atoms with Gasteiger partial charge in [0.05, 0.1) is 19.8 Å². The van der Waals surface area contributed by atoms with Gasteiger partial charge < -0.3 is 20.8 Å². The van der Waals surface area contributed by atoms with Crippen molar-refractivity contribution in [1.82, 2.24) is 29.7 Å². The van der Waals surface area contributed by atoms with Crippen LogP contribution in [0.15, 0.2) is 42.3 Å². The van der Waals surface area contributed by atoms with Crippen LogP contribution in [0.2, 0.25) is 0 Å². The van der Waals surface area contributed by atoms with Gasteiger partial charge in [-0.05, 0) is 19.2 Å². The lowest BCUT2D eigenvalue weighted by Crippen LogP contribution is -2.49. The van der Waals surface area contributed by atoms with Crippen molar-refractivity contribution in [1.29, 1.82) is 0 Å². The number of nitrogens with zero attached hydrogens (tertiary/aromatic N) is 6. The van der Waals surface area contributed by atoms with E-state index in [1.807, 2.05) is 20.8 Å². The topological polar surface area (TPSA) is 138 Å². The molecule has 0 aromatic carbocycles. The second-order valence-electron chi connectivity index (χ2n) is 7.32. The van der Waals surface area contributed by atoms with Crippen molar-refractivity contribution in [2.24, 2.45) is 4.99 Å². The number of imidazole rings is 1. The van der Waals surface area contributed by atoms with Gasteiger partial charge in [0, 0.05) is 51.7 Å². The van der Waals surface area contributed by atoms with Crippen molar-refractivity contribution in [3.63, 3.8) is 0 Å². The van der Waals surface area contributed by atoms with E-state index in [9.17, 15) is 14.4 Å². The third kappa shape index (κ3) is 10.0. The van der Waals surface area contributed by atoms with Crippen molar-refractivity contribution in [2.45, 2.75) is 33.8 Å². The van der Waals surface area contributed by atoms with Gasteiger partial charge in [0.25, 0.3) is 5.91 Å². The molecule has 12 heteroatoms. The van der Waals surface area contributed by atoms with E-state index < -0.39 is 6.09 Å². The highest BCUT2D eigenvalue weighted by Gasteiger charge is 2.29. The normalized spacial score (nSPS) is 17.9. The predicted molar refractivity (Wildman–Crippen MR) is 135 cm³/mol. The van der Waals surface area contributed by atoms with Gasteiger partial charge in [-0.15, -0.1) is 0 Å². The number of aliphatic imine (C=N–C) groups is 1. The monoisotopic (exact) mass is 490 g/mol. The molecule has 2 aliphatic rings. The molecule has 3 heterocycles. The van der Waals surface area contributed by atoms with Gasteiger partial charge in [0.1, 0.15) is 6.10 Å². The molecule has 0 aliphatic carbocycles. The van der Waals surface area contributed by atoms with Crippen molar-refractivity contribution in [3.8, 4) is 0 Å². The Morgan fingerprint density at radius 2 is 2.00 bits per heavy atom. The van der Waals surface area contributed by atoms with Crippen LogP contribution in [0.25, 0.3) is 0 Å². The molecule has 3 amide bonds. The molecule has 35 heavy (non-hydrogen) atoms. The molecule has 194 valence electrons. The number of hydrogen-bond acceptors (Lipinski definition) is 8. The van der Waals surface area contributed by atoms with Gasteiger partial charge in [-0.1, -0.05) is 26.5 Å². The lowest BCUT2D eigenvalue weighted by Gasteiger charge is -2.33. The summed E-state index contributed by atoms with van der Waals surface area (Å²) in [6.07, 6.45) is 9.04. The Hall–Kier alpha value is -3.67. The van der Waals surface area contributed by atoms with Crippen LogP contribution in [0, 0.1) is 0 Å². The Balaban J connectivity index is 0.000000332. The molecule has 3 rings (SSSR count). The second-order valence-corrected chi connectivity index (χ2v) is 7.32. The number of amides is 3. The summed E-state index contributed by atoms with van der Waals surface area (Å²) in [6.45, 7) is 15.3. The maximum absolute atomic E-state index is 12.1. The summed E-state index contributed by atoms with van der Waals surface area (Å²) in [5.41, 5.74) is 0. The number of nitrogen functional groups attached to an aromatic ring is 1. The number of piperazine rings is 1. The number of nitrogens with two attached hydrogens (primary N) is 1. The number of cyclic esters (lactones) is 1. The summed E-state index contributed by atoms with van der Waals surface area (Å²) in [6, 6.07) is 0. The molecule has 0 saturated carbocycles. The first-order chi connectivity index (χ1) is 16.8. The highest BCUT2D eigenvalue weighted by molar-refractivity contribution is 5.90. The molecule has 1 atom stereocenters. The van der Waals surface area contributed by atoms with Gasteiger partial charge in [-0.25, -0.2) is 14.5 Å².